The largest absolute Gasteiger partial charge is 0.256 e. The Labute approximate surface area is 137 Å². The zero-order valence-corrected chi connectivity index (χ0v) is 13.1. The summed E-state index contributed by atoms with van der Waals surface area (Å²) in [6, 6.07) is 18.1. The van der Waals surface area contributed by atoms with Crippen molar-refractivity contribution in [3.63, 3.8) is 0 Å². The number of thiazole rings is 1. The fourth-order valence-electron chi connectivity index (χ4n) is 2.53. The summed E-state index contributed by atoms with van der Waals surface area (Å²) in [5.74, 6) is 0. The zero-order chi connectivity index (χ0) is 14.9. The minimum atomic E-state index is 0.715. The van der Waals surface area contributed by atoms with Crippen molar-refractivity contribution in [2.45, 2.75) is 0 Å². The van der Waals surface area contributed by atoms with E-state index in [-0.39, 0.29) is 0 Å². The molecule has 0 aliphatic rings. The molecule has 0 saturated carbocycles. The molecule has 106 valence electrons. The van der Waals surface area contributed by atoms with Gasteiger partial charge in [0.1, 0.15) is 0 Å². The van der Waals surface area contributed by atoms with Gasteiger partial charge in [-0.15, -0.1) is 11.3 Å². The highest BCUT2D eigenvalue weighted by Crippen LogP contribution is 2.33. The van der Waals surface area contributed by atoms with Crippen molar-refractivity contribution in [2.24, 2.45) is 0 Å². The van der Waals surface area contributed by atoms with Gasteiger partial charge in [0.05, 0.1) is 21.4 Å². The molecule has 0 aliphatic carbocycles. The maximum atomic E-state index is 6.12. The van der Waals surface area contributed by atoms with Crippen LogP contribution in [0.1, 0.15) is 0 Å². The van der Waals surface area contributed by atoms with Crippen LogP contribution in [0.15, 0.2) is 66.3 Å². The van der Waals surface area contributed by atoms with E-state index in [2.05, 4.69) is 34.2 Å². The normalized spacial score (nSPS) is 11.0. The first-order chi connectivity index (χ1) is 10.8. The SMILES string of the molecule is Clc1cccc(-c2ncccc2-c2ccc3ncsc3c2)c1. The monoisotopic (exact) mass is 322 g/mol. The Bertz CT molecular complexity index is 962. The van der Waals surface area contributed by atoms with Gasteiger partial charge in [0.2, 0.25) is 0 Å². The smallest absolute Gasteiger partial charge is 0.0812 e. The fourth-order valence-corrected chi connectivity index (χ4v) is 3.43. The molecule has 0 aliphatic heterocycles. The van der Waals surface area contributed by atoms with E-state index in [1.807, 2.05) is 42.0 Å². The zero-order valence-electron chi connectivity index (χ0n) is 11.5. The number of hydrogen-bond acceptors (Lipinski definition) is 3. The number of halogens is 1. The van der Waals surface area contributed by atoms with Crippen LogP contribution in [0, 0.1) is 0 Å². The number of nitrogens with zero attached hydrogens (tertiary/aromatic N) is 2. The van der Waals surface area contributed by atoms with Crippen LogP contribution in [0.3, 0.4) is 0 Å². The van der Waals surface area contributed by atoms with Crippen LogP contribution in [0.4, 0.5) is 0 Å². The molecule has 4 rings (SSSR count). The molecule has 0 spiro atoms. The molecule has 2 aromatic heterocycles. The molecule has 0 saturated heterocycles. The molecule has 4 heteroatoms. The Morgan fingerprint density at radius 2 is 1.82 bits per heavy atom. The van der Waals surface area contributed by atoms with Crippen LogP contribution < -0.4 is 0 Å². The molecule has 2 nitrogen and oxygen atoms in total. The number of aromatic nitrogens is 2. The molecule has 0 amide bonds. The molecule has 22 heavy (non-hydrogen) atoms. The van der Waals surface area contributed by atoms with Crippen molar-refractivity contribution in [3.8, 4) is 22.4 Å². The second-order valence-corrected chi connectivity index (χ2v) is 6.27. The van der Waals surface area contributed by atoms with Crippen molar-refractivity contribution >= 4 is 33.2 Å². The molecule has 0 bridgehead atoms. The number of fused-ring (bicyclic) bond motifs is 1. The van der Waals surface area contributed by atoms with Crippen molar-refractivity contribution in [2.75, 3.05) is 0 Å². The van der Waals surface area contributed by atoms with Crippen molar-refractivity contribution in [3.05, 3.63) is 71.3 Å². The van der Waals surface area contributed by atoms with Gasteiger partial charge in [-0.25, -0.2) is 4.98 Å². The fraction of sp³-hybridized carbons (Fsp3) is 0. The van der Waals surface area contributed by atoms with Crippen LogP contribution in [-0.4, -0.2) is 9.97 Å². The molecule has 0 unspecified atom stereocenters. The summed E-state index contributed by atoms with van der Waals surface area (Å²) >= 11 is 7.77. The lowest BCUT2D eigenvalue weighted by molar-refractivity contribution is 1.33. The third-order valence-electron chi connectivity index (χ3n) is 3.55. The maximum Gasteiger partial charge on any atom is 0.0812 e. The lowest BCUT2D eigenvalue weighted by Gasteiger charge is -2.09. The van der Waals surface area contributed by atoms with Crippen molar-refractivity contribution < 1.29 is 0 Å². The Hall–Kier alpha value is -2.23. The third kappa shape index (κ3) is 2.39. The maximum absolute atomic E-state index is 6.12. The molecule has 0 radical (unpaired) electrons. The minimum absolute atomic E-state index is 0.715. The number of rotatable bonds is 2. The highest BCUT2D eigenvalue weighted by Gasteiger charge is 2.10. The van der Waals surface area contributed by atoms with Gasteiger partial charge < -0.3 is 0 Å². The molecular weight excluding hydrogens is 312 g/mol. The van der Waals surface area contributed by atoms with E-state index in [4.69, 9.17) is 11.6 Å². The van der Waals surface area contributed by atoms with Gasteiger partial charge in [0, 0.05) is 22.3 Å². The van der Waals surface area contributed by atoms with Crippen molar-refractivity contribution in [1.82, 2.24) is 9.97 Å². The summed E-state index contributed by atoms with van der Waals surface area (Å²) in [7, 11) is 0. The molecule has 2 heterocycles. The predicted octanol–water partition coefficient (Wildman–Crippen LogP) is 5.68. The van der Waals surface area contributed by atoms with Gasteiger partial charge in [-0.2, -0.15) is 0 Å². The lowest BCUT2D eigenvalue weighted by atomic mass is 9.99. The van der Waals surface area contributed by atoms with E-state index in [0.29, 0.717) is 5.02 Å². The average Bonchev–Trinajstić information content (AvgIpc) is 3.02. The Morgan fingerprint density at radius 3 is 2.73 bits per heavy atom. The lowest BCUT2D eigenvalue weighted by Crippen LogP contribution is -1.88. The van der Waals surface area contributed by atoms with E-state index < -0.39 is 0 Å². The molecule has 0 fully saturated rings. The van der Waals surface area contributed by atoms with E-state index in [0.717, 1.165) is 27.9 Å². The first kappa shape index (κ1) is 13.4. The molecule has 0 atom stereocenters. The Kier molecular flexibility index (Phi) is 3.37. The predicted molar refractivity (Wildman–Crippen MR) is 93.3 cm³/mol. The number of benzene rings is 2. The number of hydrogen-bond donors (Lipinski definition) is 0. The van der Waals surface area contributed by atoms with Gasteiger partial charge in [0.15, 0.2) is 0 Å². The summed E-state index contributed by atoms with van der Waals surface area (Å²) in [6.45, 7) is 0. The topological polar surface area (TPSA) is 25.8 Å². The molecule has 0 N–H and O–H groups in total. The van der Waals surface area contributed by atoms with Gasteiger partial charge in [-0.3, -0.25) is 4.98 Å². The summed E-state index contributed by atoms with van der Waals surface area (Å²) in [6.07, 6.45) is 1.81. The van der Waals surface area contributed by atoms with Crippen LogP contribution in [0.25, 0.3) is 32.6 Å². The van der Waals surface area contributed by atoms with E-state index in [9.17, 15) is 0 Å². The molecular formula is C18H11ClN2S. The number of pyridine rings is 1. The Balaban J connectivity index is 1.92. The van der Waals surface area contributed by atoms with E-state index in [1.165, 1.54) is 4.70 Å². The van der Waals surface area contributed by atoms with E-state index in [1.54, 1.807) is 11.3 Å². The van der Waals surface area contributed by atoms with Gasteiger partial charge in [-0.1, -0.05) is 35.9 Å². The minimum Gasteiger partial charge on any atom is -0.256 e. The molecule has 2 aromatic carbocycles. The van der Waals surface area contributed by atoms with Crippen LogP contribution in [0.5, 0.6) is 0 Å². The summed E-state index contributed by atoms with van der Waals surface area (Å²) < 4.78 is 1.18. The van der Waals surface area contributed by atoms with Crippen molar-refractivity contribution in [1.29, 1.82) is 0 Å². The standard InChI is InChI=1S/C18H11ClN2S/c19-14-4-1-3-13(9-14)18-15(5-2-8-20-18)12-6-7-16-17(10-12)22-11-21-16/h1-11H. The highest BCUT2D eigenvalue weighted by molar-refractivity contribution is 7.16. The van der Waals surface area contributed by atoms with Gasteiger partial charge in [0.25, 0.3) is 0 Å². The summed E-state index contributed by atoms with van der Waals surface area (Å²) in [4.78, 5) is 8.89. The summed E-state index contributed by atoms with van der Waals surface area (Å²) in [5, 5.41) is 0.715. The van der Waals surface area contributed by atoms with Crippen LogP contribution >= 0.6 is 22.9 Å². The first-order valence-electron chi connectivity index (χ1n) is 6.86. The average molecular weight is 323 g/mol. The molecule has 4 aromatic rings. The third-order valence-corrected chi connectivity index (χ3v) is 4.57. The Morgan fingerprint density at radius 1 is 0.864 bits per heavy atom. The van der Waals surface area contributed by atoms with Crippen LogP contribution in [0.2, 0.25) is 5.02 Å². The van der Waals surface area contributed by atoms with Crippen LogP contribution in [-0.2, 0) is 0 Å². The van der Waals surface area contributed by atoms with Gasteiger partial charge >= 0.3 is 0 Å². The second-order valence-electron chi connectivity index (χ2n) is 4.94. The second kappa shape index (κ2) is 5.52. The van der Waals surface area contributed by atoms with E-state index >= 15 is 0 Å². The first-order valence-corrected chi connectivity index (χ1v) is 8.11. The summed E-state index contributed by atoms with van der Waals surface area (Å²) in [5.41, 5.74) is 7.10. The quantitative estimate of drug-likeness (QED) is 0.474. The highest BCUT2D eigenvalue weighted by atomic mass is 35.5. The van der Waals surface area contributed by atoms with Gasteiger partial charge in [-0.05, 0) is 35.9 Å².